The van der Waals surface area contributed by atoms with Crippen LogP contribution < -0.4 is 37.6 Å². The molecule has 0 unspecified atom stereocenters. The Kier molecular flexibility index (Phi) is 19.4. The minimum Gasteiger partial charge on any atom is -0.444 e. The Labute approximate surface area is 337 Å². The largest absolute Gasteiger partial charge is 0.444 e. The summed E-state index contributed by atoms with van der Waals surface area (Å²) in [5.41, 5.74) is 5.28. The first-order chi connectivity index (χ1) is 26.6. The van der Waals surface area contributed by atoms with E-state index in [1.165, 1.54) is 0 Å². The number of amides is 7. The van der Waals surface area contributed by atoms with Gasteiger partial charge in [-0.05, 0) is 63.4 Å². The van der Waals surface area contributed by atoms with Crippen molar-refractivity contribution in [2.45, 2.75) is 162 Å². The van der Waals surface area contributed by atoms with E-state index in [0.717, 1.165) is 5.56 Å². The van der Waals surface area contributed by atoms with Gasteiger partial charge in [0.1, 0.15) is 23.7 Å². The third-order valence-corrected chi connectivity index (χ3v) is 9.62. The van der Waals surface area contributed by atoms with Crippen LogP contribution in [0.1, 0.15) is 113 Å². The summed E-state index contributed by atoms with van der Waals surface area (Å²) in [6.07, 6.45) is -1.49. The van der Waals surface area contributed by atoms with E-state index in [1.807, 2.05) is 41.5 Å². The van der Waals surface area contributed by atoms with Crippen molar-refractivity contribution in [2.75, 3.05) is 0 Å². The Morgan fingerprint density at radius 3 is 2.09 bits per heavy atom. The van der Waals surface area contributed by atoms with Gasteiger partial charge in [0.2, 0.25) is 35.4 Å². The number of hydrogen-bond donors (Lipinski definition) is 8. The maximum Gasteiger partial charge on any atom is 0.408 e. The molecular formula is C41H67N7O9. The Bertz CT molecular complexity index is 1520. The van der Waals surface area contributed by atoms with Crippen LogP contribution in [0.15, 0.2) is 30.3 Å². The lowest BCUT2D eigenvalue weighted by Gasteiger charge is -2.30. The molecule has 1 aliphatic rings. The minimum absolute atomic E-state index is 0.0555. The number of benzene rings is 1. The standard InChI is InChI=1S/C41H67N7O9/c1-10-25(6)36(39(55)45-29-21-34(51)43-28(29)18-23(2)3)48-35(52)22-32(49)30(19-24(4)5)46-37(53)27(16-17-33(42)50)44-38(54)31(20-26-14-12-11-13-15-26)47-40(56)57-41(7,8)9/h11-15,23-25,27-32,36,49H,10,16-22H2,1-9H3,(H2,42,50)(H,43,51)(H,44,54)(H,45,55)(H,46,53)(H,47,56)(H,48,52)/t25-,27-,28-,29-,30-,31-,32-,36-/m0/s1. The maximum atomic E-state index is 13.9. The molecular weight excluding hydrogens is 734 g/mol. The summed E-state index contributed by atoms with van der Waals surface area (Å²) in [5.74, 6) is -3.44. The van der Waals surface area contributed by atoms with Crippen molar-refractivity contribution in [3.63, 3.8) is 0 Å². The number of carbonyl (C=O) groups excluding carboxylic acids is 7. The van der Waals surface area contributed by atoms with Crippen molar-refractivity contribution < 1.29 is 43.4 Å². The molecule has 0 spiro atoms. The van der Waals surface area contributed by atoms with E-state index < -0.39 is 84.0 Å². The number of nitrogens with one attached hydrogen (secondary N) is 6. The third kappa shape index (κ3) is 17.9. The van der Waals surface area contributed by atoms with Gasteiger partial charge in [-0.15, -0.1) is 0 Å². The number of rotatable bonds is 22. The van der Waals surface area contributed by atoms with E-state index in [9.17, 15) is 38.7 Å². The van der Waals surface area contributed by atoms with Crippen molar-refractivity contribution in [2.24, 2.45) is 23.5 Å². The number of alkyl carbamates (subject to hydrolysis) is 1. The fraction of sp³-hybridized carbons (Fsp3) is 0.683. The molecule has 8 atom stereocenters. The van der Waals surface area contributed by atoms with Gasteiger partial charge in [-0.2, -0.15) is 0 Å². The molecule has 1 heterocycles. The molecule has 16 nitrogen and oxygen atoms in total. The molecule has 1 aliphatic heterocycles. The smallest absolute Gasteiger partial charge is 0.408 e. The molecule has 0 saturated carbocycles. The summed E-state index contributed by atoms with van der Waals surface area (Å²) in [6, 6.07) is 3.84. The molecule has 0 bridgehead atoms. The molecule has 320 valence electrons. The third-order valence-electron chi connectivity index (χ3n) is 9.62. The van der Waals surface area contributed by atoms with Crippen LogP contribution in [0.4, 0.5) is 4.79 Å². The van der Waals surface area contributed by atoms with Gasteiger partial charge in [0, 0.05) is 25.3 Å². The van der Waals surface area contributed by atoms with Gasteiger partial charge in [0.25, 0.3) is 0 Å². The van der Waals surface area contributed by atoms with Crippen LogP contribution in [0.25, 0.3) is 0 Å². The minimum atomic E-state index is -1.41. The van der Waals surface area contributed by atoms with Crippen LogP contribution in [-0.4, -0.2) is 94.6 Å². The Balaban J connectivity index is 2.24. The highest BCUT2D eigenvalue weighted by atomic mass is 16.6. The summed E-state index contributed by atoms with van der Waals surface area (Å²) in [7, 11) is 0. The second kappa shape index (κ2) is 22.9. The lowest BCUT2D eigenvalue weighted by Crippen LogP contribution is -2.58. The van der Waals surface area contributed by atoms with Gasteiger partial charge >= 0.3 is 6.09 Å². The zero-order valence-corrected chi connectivity index (χ0v) is 35.1. The predicted molar refractivity (Wildman–Crippen MR) is 215 cm³/mol. The van der Waals surface area contributed by atoms with Gasteiger partial charge in [-0.3, -0.25) is 28.8 Å². The van der Waals surface area contributed by atoms with E-state index >= 15 is 0 Å². The Morgan fingerprint density at radius 1 is 0.895 bits per heavy atom. The van der Waals surface area contributed by atoms with E-state index in [1.54, 1.807) is 51.1 Å². The fourth-order valence-electron chi connectivity index (χ4n) is 6.57. The summed E-state index contributed by atoms with van der Waals surface area (Å²) in [6.45, 7) is 16.5. The first kappa shape index (κ1) is 48.4. The number of nitrogens with two attached hydrogens (primary N) is 1. The number of aliphatic hydroxyl groups excluding tert-OH is 1. The number of hydrogen-bond acceptors (Lipinski definition) is 9. The summed E-state index contributed by atoms with van der Waals surface area (Å²) in [4.78, 5) is 91.3. The molecule has 1 aromatic rings. The molecule has 1 fully saturated rings. The fourth-order valence-corrected chi connectivity index (χ4v) is 6.57. The zero-order chi connectivity index (χ0) is 43.0. The van der Waals surface area contributed by atoms with Crippen molar-refractivity contribution in [1.82, 2.24) is 31.9 Å². The molecule has 2 rings (SSSR count). The van der Waals surface area contributed by atoms with Gasteiger partial charge in [-0.1, -0.05) is 78.3 Å². The molecule has 0 aromatic heterocycles. The summed E-state index contributed by atoms with van der Waals surface area (Å²) < 4.78 is 5.37. The van der Waals surface area contributed by atoms with Crippen molar-refractivity contribution in [3.8, 4) is 0 Å². The van der Waals surface area contributed by atoms with Gasteiger partial charge in [0.15, 0.2) is 0 Å². The first-order valence-electron chi connectivity index (χ1n) is 20.1. The molecule has 1 saturated heterocycles. The molecule has 57 heavy (non-hydrogen) atoms. The second-order valence-electron chi connectivity index (χ2n) is 17.0. The summed E-state index contributed by atoms with van der Waals surface area (Å²) >= 11 is 0. The highest BCUT2D eigenvalue weighted by Crippen LogP contribution is 2.19. The van der Waals surface area contributed by atoms with Crippen LogP contribution in [0.3, 0.4) is 0 Å². The molecule has 16 heteroatoms. The van der Waals surface area contributed by atoms with Gasteiger partial charge in [-0.25, -0.2) is 4.79 Å². The van der Waals surface area contributed by atoms with E-state index in [2.05, 4.69) is 31.9 Å². The van der Waals surface area contributed by atoms with E-state index in [4.69, 9.17) is 10.5 Å². The number of aliphatic hydroxyl groups is 1. The van der Waals surface area contributed by atoms with E-state index in [-0.39, 0.29) is 61.8 Å². The van der Waals surface area contributed by atoms with Gasteiger partial charge in [0.05, 0.1) is 24.6 Å². The van der Waals surface area contributed by atoms with E-state index in [0.29, 0.717) is 12.8 Å². The van der Waals surface area contributed by atoms with Crippen LogP contribution >= 0.6 is 0 Å². The maximum absolute atomic E-state index is 13.9. The highest BCUT2D eigenvalue weighted by molar-refractivity contribution is 5.92. The van der Waals surface area contributed by atoms with Crippen molar-refractivity contribution in [1.29, 1.82) is 0 Å². The average molecular weight is 802 g/mol. The monoisotopic (exact) mass is 802 g/mol. The summed E-state index contributed by atoms with van der Waals surface area (Å²) in [5, 5.41) is 28.0. The second-order valence-corrected chi connectivity index (χ2v) is 17.0. The molecule has 0 radical (unpaired) electrons. The topological polar surface area (TPSA) is 247 Å². The quantitative estimate of drug-likeness (QED) is 0.0855. The zero-order valence-electron chi connectivity index (χ0n) is 35.1. The van der Waals surface area contributed by atoms with Crippen LogP contribution in [0.5, 0.6) is 0 Å². The number of carbonyl (C=O) groups is 7. The average Bonchev–Trinajstić information content (AvgIpc) is 3.43. The Hall–Kier alpha value is -4.73. The molecule has 1 aromatic carbocycles. The van der Waals surface area contributed by atoms with Crippen LogP contribution in [0, 0.1) is 17.8 Å². The lowest BCUT2D eigenvalue weighted by atomic mass is 9.94. The number of primary amides is 1. The Morgan fingerprint density at radius 2 is 1.53 bits per heavy atom. The first-order valence-corrected chi connectivity index (χ1v) is 20.1. The SMILES string of the molecule is CC[C@H](C)[C@H](NC(=O)C[C@H](O)[C@H](CC(C)C)NC(=O)[C@H](CCC(N)=O)NC(=O)[C@H](Cc1ccccc1)NC(=O)OC(C)(C)C)C(=O)N[C@H]1CC(=O)N[C@H]1CC(C)C. The van der Waals surface area contributed by atoms with Gasteiger partial charge < -0.3 is 47.5 Å². The van der Waals surface area contributed by atoms with Crippen molar-refractivity contribution >= 4 is 41.5 Å². The number of ether oxygens (including phenoxy) is 1. The molecule has 0 aliphatic carbocycles. The predicted octanol–water partition coefficient (Wildman–Crippen LogP) is 2.10. The molecule has 9 N–H and O–H groups in total. The van der Waals surface area contributed by atoms with Crippen molar-refractivity contribution in [3.05, 3.63) is 35.9 Å². The lowest BCUT2D eigenvalue weighted by molar-refractivity contribution is -0.133. The van der Waals surface area contributed by atoms with Crippen LogP contribution in [-0.2, 0) is 39.9 Å². The molecule has 7 amide bonds. The normalized spacial score (nSPS) is 18.6. The highest BCUT2D eigenvalue weighted by Gasteiger charge is 2.37. The van der Waals surface area contributed by atoms with Crippen LogP contribution in [0.2, 0.25) is 0 Å².